The third-order valence-corrected chi connectivity index (χ3v) is 0.875. The Balaban J connectivity index is 3.47. The molecule has 0 amide bonds. The quantitative estimate of drug-likeness (QED) is 0.559. The van der Waals surface area contributed by atoms with Crippen molar-refractivity contribution >= 4 is 0 Å². The van der Waals surface area contributed by atoms with E-state index < -0.39 is 31.9 Å². The summed E-state index contributed by atoms with van der Waals surface area (Å²) in [5, 5.41) is 0. The van der Waals surface area contributed by atoms with Crippen LogP contribution in [-0.4, -0.2) is 19.0 Å². The van der Waals surface area contributed by atoms with Crippen LogP contribution in [0.5, 0.6) is 0 Å². The molecule has 1 unspecified atom stereocenters. The molecule has 0 N–H and O–H groups in total. The third-order valence-electron chi connectivity index (χ3n) is 0.875. The van der Waals surface area contributed by atoms with E-state index in [-0.39, 0.29) is 0 Å². The van der Waals surface area contributed by atoms with E-state index in [1.807, 2.05) is 0 Å². The molecule has 0 saturated carbocycles. The Morgan fingerprint density at radius 2 is 1.70 bits per heavy atom. The van der Waals surface area contributed by atoms with Gasteiger partial charge in [0, 0.05) is 6.42 Å². The molecule has 0 aromatic rings. The zero-order valence-corrected chi connectivity index (χ0v) is 5.09. The van der Waals surface area contributed by atoms with Gasteiger partial charge in [-0.25, -0.2) is 4.39 Å². The summed E-state index contributed by atoms with van der Waals surface area (Å²) >= 11 is 0. The van der Waals surface area contributed by atoms with Gasteiger partial charge in [-0.3, -0.25) is 4.39 Å². The molecule has 0 aliphatic heterocycles. The highest BCUT2D eigenvalue weighted by molar-refractivity contribution is 4.61. The standard InChI is InChI=1S/C5H7F5/c6-2-1-4(7)3-5(8,9)10/h4H,1-3H2. The van der Waals surface area contributed by atoms with Gasteiger partial charge >= 0.3 is 6.18 Å². The van der Waals surface area contributed by atoms with Gasteiger partial charge in [0.1, 0.15) is 6.17 Å². The van der Waals surface area contributed by atoms with Crippen molar-refractivity contribution in [2.75, 3.05) is 6.67 Å². The molecular formula is C5H7F5. The molecule has 0 radical (unpaired) electrons. The SMILES string of the molecule is FCCC(F)CC(F)(F)F. The lowest BCUT2D eigenvalue weighted by atomic mass is 10.2. The van der Waals surface area contributed by atoms with Crippen LogP contribution in [0.2, 0.25) is 0 Å². The summed E-state index contributed by atoms with van der Waals surface area (Å²) in [7, 11) is 0. The van der Waals surface area contributed by atoms with Crippen LogP contribution in [0.25, 0.3) is 0 Å². The lowest BCUT2D eigenvalue weighted by molar-refractivity contribution is -0.146. The molecule has 0 aromatic carbocycles. The fraction of sp³-hybridized carbons (Fsp3) is 1.00. The molecule has 0 rings (SSSR count). The van der Waals surface area contributed by atoms with E-state index in [1.54, 1.807) is 0 Å². The van der Waals surface area contributed by atoms with Crippen LogP contribution < -0.4 is 0 Å². The highest BCUT2D eigenvalue weighted by Gasteiger charge is 2.31. The fourth-order valence-corrected chi connectivity index (χ4v) is 0.472. The lowest BCUT2D eigenvalue weighted by Crippen LogP contribution is -2.16. The molecule has 0 aliphatic carbocycles. The molecule has 0 nitrogen and oxygen atoms in total. The van der Waals surface area contributed by atoms with E-state index >= 15 is 0 Å². The Kier molecular flexibility index (Phi) is 3.60. The molecule has 0 fully saturated rings. The summed E-state index contributed by atoms with van der Waals surface area (Å²) in [5.41, 5.74) is 0. The van der Waals surface area contributed by atoms with Gasteiger partial charge in [0.25, 0.3) is 0 Å². The van der Waals surface area contributed by atoms with Gasteiger partial charge in [0.2, 0.25) is 0 Å². The number of hydrogen-bond donors (Lipinski definition) is 0. The van der Waals surface area contributed by atoms with Gasteiger partial charge in [0.15, 0.2) is 0 Å². The summed E-state index contributed by atoms with van der Waals surface area (Å²) < 4.78 is 57.0. The molecular weight excluding hydrogens is 155 g/mol. The minimum absolute atomic E-state index is 0.667. The van der Waals surface area contributed by atoms with Gasteiger partial charge in [0.05, 0.1) is 13.1 Å². The molecule has 0 spiro atoms. The van der Waals surface area contributed by atoms with E-state index in [0.29, 0.717) is 0 Å². The van der Waals surface area contributed by atoms with Crippen molar-refractivity contribution in [1.82, 2.24) is 0 Å². The van der Waals surface area contributed by atoms with Crippen molar-refractivity contribution in [3.05, 3.63) is 0 Å². The predicted molar refractivity (Wildman–Crippen MR) is 26.2 cm³/mol. The molecule has 10 heavy (non-hydrogen) atoms. The Labute approximate surface area is 55.0 Å². The van der Waals surface area contributed by atoms with E-state index in [9.17, 15) is 22.0 Å². The first-order chi connectivity index (χ1) is 4.45. The maximum atomic E-state index is 11.9. The predicted octanol–water partition coefficient (Wildman–Crippen LogP) is 2.64. The second-order valence-corrected chi connectivity index (χ2v) is 1.89. The van der Waals surface area contributed by atoms with Gasteiger partial charge in [-0.1, -0.05) is 0 Å². The number of rotatable bonds is 3. The van der Waals surface area contributed by atoms with E-state index in [0.717, 1.165) is 0 Å². The van der Waals surface area contributed by atoms with Crippen molar-refractivity contribution < 1.29 is 22.0 Å². The second-order valence-electron chi connectivity index (χ2n) is 1.89. The molecule has 0 bridgehead atoms. The largest absolute Gasteiger partial charge is 0.391 e. The highest BCUT2D eigenvalue weighted by Crippen LogP contribution is 2.24. The van der Waals surface area contributed by atoms with E-state index in [4.69, 9.17) is 0 Å². The van der Waals surface area contributed by atoms with Crippen molar-refractivity contribution in [3.8, 4) is 0 Å². The summed E-state index contributed by atoms with van der Waals surface area (Å²) in [4.78, 5) is 0. The molecule has 0 heterocycles. The van der Waals surface area contributed by atoms with Gasteiger partial charge in [-0.05, 0) is 0 Å². The molecule has 62 valence electrons. The van der Waals surface area contributed by atoms with Crippen LogP contribution in [0.4, 0.5) is 22.0 Å². The maximum absolute atomic E-state index is 11.9. The summed E-state index contributed by atoms with van der Waals surface area (Å²) in [6.45, 7) is -1.04. The Hall–Kier alpha value is -0.350. The Morgan fingerprint density at radius 1 is 1.20 bits per heavy atom. The summed E-state index contributed by atoms with van der Waals surface area (Å²) in [5.74, 6) is 0. The topological polar surface area (TPSA) is 0 Å². The van der Waals surface area contributed by atoms with Crippen LogP contribution in [0.3, 0.4) is 0 Å². The van der Waals surface area contributed by atoms with Crippen LogP contribution in [0.15, 0.2) is 0 Å². The highest BCUT2D eigenvalue weighted by atomic mass is 19.4. The minimum Gasteiger partial charge on any atom is -0.251 e. The molecule has 0 aliphatic rings. The van der Waals surface area contributed by atoms with Crippen molar-refractivity contribution in [2.24, 2.45) is 0 Å². The minimum atomic E-state index is -4.52. The first-order valence-corrected chi connectivity index (χ1v) is 2.72. The first kappa shape index (κ1) is 9.65. The Bertz CT molecular complexity index is 86.5. The average Bonchev–Trinajstić information content (AvgIpc) is 1.59. The molecule has 0 saturated heterocycles. The van der Waals surface area contributed by atoms with Crippen LogP contribution >= 0.6 is 0 Å². The Morgan fingerprint density at radius 3 is 2.00 bits per heavy atom. The van der Waals surface area contributed by atoms with Gasteiger partial charge < -0.3 is 0 Å². The van der Waals surface area contributed by atoms with Crippen LogP contribution in [0, 0.1) is 0 Å². The van der Waals surface area contributed by atoms with Gasteiger partial charge in [-0.15, -0.1) is 0 Å². The zero-order chi connectivity index (χ0) is 8.20. The molecule has 1 atom stereocenters. The average molecular weight is 162 g/mol. The maximum Gasteiger partial charge on any atom is 0.391 e. The lowest BCUT2D eigenvalue weighted by Gasteiger charge is -2.08. The normalized spacial score (nSPS) is 15.3. The zero-order valence-electron chi connectivity index (χ0n) is 5.09. The van der Waals surface area contributed by atoms with Crippen LogP contribution in [0.1, 0.15) is 12.8 Å². The van der Waals surface area contributed by atoms with E-state index in [2.05, 4.69) is 0 Å². The fourth-order valence-electron chi connectivity index (χ4n) is 0.472. The molecule has 5 heteroatoms. The monoisotopic (exact) mass is 162 g/mol. The summed E-state index contributed by atoms with van der Waals surface area (Å²) in [6.07, 6.45) is -8.82. The van der Waals surface area contributed by atoms with Crippen molar-refractivity contribution in [2.45, 2.75) is 25.2 Å². The second kappa shape index (κ2) is 3.73. The molecule has 0 aromatic heterocycles. The number of hydrogen-bond acceptors (Lipinski definition) is 0. The van der Waals surface area contributed by atoms with Crippen molar-refractivity contribution in [1.29, 1.82) is 0 Å². The van der Waals surface area contributed by atoms with Crippen molar-refractivity contribution in [3.63, 3.8) is 0 Å². The number of halogens is 5. The third kappa shape index (κ3) is 5.78. The van der Waals surface area contributed by atoms with Gasteiger partial charge in [-0.2, -0.15) is 13.2 Å². The van der Waals surface area contributed by atoms with E-state index in [1.165, 1.54) is 0 Å². The number of alkyl halides is 5. The first-order valence-electron chi connectivity index (χ1n) is 2.72. The summed E-state index contributed by atoms with van der Waals surface area (Å²) in [6, 6.07) is 0. The smallest absolute Gasteiger partial charge is 0.251 e. The van der Waals surface area contributed by atoms with Crippen LogP contribution in [-0.2, 0) is 0 Å².